The Morgan fingerprint density at radius 2 is 1.95 bits per heavy atom. The number of hydrogen-bond donors (Lipinski definition) is 3. The smallest absolute Gasteiger partial charge is 0.264 e. The first kappa shape index (κ1) is 13.1. The van der Waals surface area contributed by atoms with Crippen LogP contribution in [0.5, 0.6) is 0 Å². The van der Waals surface area contributed by atoms with Crippen molar-refractivity contribution in [3.63, 3.8) is 0 Å². The Kier molecular flexibility index (Phi) is 3.82. The Labute approximate surface area is 109 Å². The lowest BCUT2D eigenvalue weighted by Gasteiger charge is -2.10. The summed E-state index contributed by atoms with van der Waals surface area (Å²) in [4.78, 5) is 22.6. The zero-order valence-electron chi connectivity index (χ0n) is 10.7. The van der Waals surface area contributed by atoms with Gasteiger partial charge in [-0.25, -0.2) is 0 Å². The highest BCUT2D eigenvalue weighted by atomic mass is 16.5. The maximum atomic E-state index is 11.6. The molecule has 2 aromatic rings. The second kappa shape index (κ2) is 5.53. The third kappa shape index (κ3) is 3.11. The monoisotopic (exact) mass is 261 g/mol. The first-order valence-corrected chi connectivity index (χ1v) is 5.82. The summed E-state index contributed by atoms with van der Waals surface area (Å²) in [6.07, 6.45) is -0.499. The summed E-state index contributed by atoms with van der Waals surface area (Å²) in [5, 5.41) is 7.97. The molecule has 0 bridgehead atoms. The molecule has 0 aliphatic rings. The molecule has 2 rings (SSSR count). The van der Waals surface area contributed by atoms with Crippen molar-refractivity contribution < 1.29 is 9.53 Å². The van der Waals surface area contributed by atoms with Crippen LogP contribution in [-0.2, 0) is 9.53 Å². The second-order valence-corrected chi connectivity index (χ2v) is 4.12. The molecule has 1 heterocycles. The molecule has 1 amide bonds. The van der Waals surface area contributed by atoms with Crippen LogP contribution in [0.3, 0.4) is 0 Å². The van der Waals surface area contributed by atoms with Crippen LogP contribution in [0.2, 0.25) is 0 Å². The topological polar surface area (TPSA) is 87.0 Å². The van der Waals surface area contributed by atoms with Gasteiger partial charge in [-0.1, -0.05) is 12.1 Å². The number of aromatic nitrogens is 2. The van der Waals surface area contributed by atoms with Gasteiger partial charge in [0, 0.05) is 18.9 Å². The molecule has 1 aromatic carbocycles. The van der Waals surface area contributed by atoms with E-state index in [4.69, 9.17) is 4.74 Å². The van der Waals surface area contributed by atoms with Crippen molar-refractivity contribution in [2.45, 2.75) is 13.0 Å². The van der Waals surface area contributed by atoms with E-state index < -0.39 is 6.10 Å². The lowest BCUT2D eigenvalue weighted by Crippen LogP contribution is -2.26. The maximum absolute atomic E-state index is 11.6. The third-order valence-corrected chi connectivity index (χ3v) is 2.78. The lowest BCUT2D eigenvalue weighted by atomic mass is 10.1. The molecule has 0 saturated carbocycles. The Hall–Kier alpha value is -2.34. The second-order valence-electron chi connectivity index (χ2n) is 4.12. The number of nitrogens with one attached hydrogen (secondary N) is 3. The fourth-order valence-electron chi connectivity index (χ4n) is 1.57. The number of carbonyl (C=O) groups is 1. The van der Waals surface area contributed by atoms with Gasteiger partial charge in [-0.05, 0) is 24.6 Å². The average molecular weight is 261 g/mol. The van der Waals surface area contributed by atoms with E-state index in [2.05, 4.69) is 15.5 Å². The predicted molar refractivity (Wildman–Crippen MR) is 72.0 cm³/mol. The van der Waals surface area contributed by atoms with Gasteiger partial charge in [0.2, 0.25) is 0 Å². The van der Waals surface area contributed by atoms with E-state index in [9.17, 15) is 9.59 Å². The molecule has 0 aliphatic carbocycles. The number of ether oxygens (including phenoxy) is 1. The number of rotatable bonds is 4. The third-order valence-electron chi connectivity index (χ3n) is 2.78. The number of carbonyl (C=O) groups excluding carboxylic acids is 1. The van der Waals surface area contributed by atoms with Gasteiger partial charge >= 0.3 is 0 Å². The number of anilines is 1. The quantitative estimate of drug-likeness (QED) is 0.776. The van der Waals surface area contributed by atoms with Gasteiger partial charge in [0.25, 0.3) is 11.5 Å². The standard InChI is InChI=1S/C13H15N3O3/c1-8(19-2)13(18)14-10-5-3-9(4-6-10)11-7-12(17)16-15-11/h3-8H,1-2H3,(H,14,18)(H2,15,16,17). The molecule has 0 aliphatic heterocycles. The van der Waals surface area contributed by atoms with E-state index in [1.165, 1.54) is 13.2 Å². The van der Waals surface area contributed by atoms with Gasteiger partial charge in [0.05, 0.1) is 5.69 Å². The summed E-state index contributed by atoms with van der Waals surface area (Å²) in [5.41, 5.74) is 2.06. The number of aromatic amines is 2. The zero-order valence-corrected chi connectivity index (χ0v) is 10.7. The molecule has 100 valence electrons. The molecular formula is C13H15N3O3. The van der Waals surface area contributed by atoms with Crippen LogP contribution < -0.4 is 10.9 Å². The van der Waals surface area contributed by atoms with E-state index in [1.54, 1.807) is 19.1 Å². The minimum absolute atomic E-state index is 0.179. The van der Waals surface area contributed by atoms with E-state index in [0.717, 1.165) is 5.56 Å². The van der Waals surface area contributed by atoms with Crippen molar-refractivity contribution in [3.05, 3.63) is 40.7 Å². The van der Waals surface area contributed by atoms with Gasteiger partial charge < -0.3 is 10.1 Å². The minimum atomic E-state index is -0.499. The first-order valence-electron chi connectivity index (χ1n) is 5.82. The van der Waals surface area contributed by atoms with Crippen LogP contribution in [0, 0.1) is 0 Å². The Morgan fingerprint density at radius 1 is 1.26 bits per heavy atom. The van der Waals surface area contributed by atoms with Crippen LogP contribution in [0.25, 0.3) is 11.3 Å². The molecular weight excluding hydrogens is 246 g/mol. The zero-order chi connectivity index (χ0) is 13.8. The van der Waals surface area contributed by atoms with Gasteiger partial charge in [-0.15, -0.1) is 0 Å². The summed E-state index contributed by atoms with van der Waals surface area (Å²) in [7, 11) is 1.48. The van der Waals surface area contributed by atoms with Crippen LogP contribution >= 0.6 is 0 Å². The summed E-state index contributed by atoms with van der Waals surface area (Å²) in [6, 6.07) is 8.63. The van der Waals surface area contributed by atoms with E-state index in [1.807, 2.05) is 12.1 Å². The highest BCUT2D eigenvalue weighted by molar-refractivity contribution is 5.94. The number of methoxy groups -OCH3 is 1. The number of hydrogen-bond acceptors (Lipinski definition) is 3. The van der Waals surface area contributed by atoms with Crippen molar-refractivity contribution in [1.82, 2.24) is 10.2 Å². The van der Waals surface area contributed by atoms with Gasteiger partial charge in [-0.2, -0.15) is 0 Å². The summed E-state index contributed by atoms with van der Waals surface area (Å²) in [6.45, 7) is 1.67. The molecule has 0 spiro atoms. The van der Waals surface area contributed by atoms with Crippen molar-refractivity contribution in [3.8, 4) is 11.3 Å². The molecule has 19 heavy (non-hydrogen) atoms. The molecule has 0 radical (unpaired) electrons. The van der Waals surface area contributed by atoms with Crippen LogP contribution in [0.1, 0.15) is 6.92 Å². The first-order chi connectivity index (χ1) is 9.10. The largest absolute Gasteiger partial charge is 0.372 e. The van der Waals surface area contributed by atoms with Gasteiger partial charge in [0.1, 0.15) is 6.10 Å². The molecule has 0 saturated heterocycles. The van der Waals surface area contributed by atoms with Crippen LogP contribution in [0.15, 0.2) is 35.1 Å². The van der Waals surface area contributed by atoms with Gasteiger partial charge in [0.15, 0.2) is 0 Å². The summed E-state index contributed by atoms with van der Waals surface area (Å²) >= 11 is 0. The lowest BCUT2D eigenvalue weighted by molar-refractivity contribution is -0.124. The number of H-pyrrole nitrogens is 2. The molecule has 6 heteroatoms. The Morgan fingerprint density at radius 3 is 2.47 bits per heavy atom. The number of benzene rings is 1. The Balaban J connectivity index is 2.11. The van der Waals surface area contributed by atoms with Crippen molar-refractivity contribution in [2.24, 2.45) is 0 Å². The molecule has 0 fully saturated rings. The molecule has 3 N–H and O–H groups in total. The fourth-order valence-corrected chi connectivity index (χ4v) is 1.57. The SMILES string of the molecule is COC(C)C(=O)Nc1ccc(-c2cc(=O)[nH][nH]2)cc1. The van der Waals surface area contributed by atoms with Crippen LogP contribution in [-0.4, -0.2) is 29.3 Å². The molecule has 1 atom stereocenters. The highest BCUT2D eigenvalue weighted by Gasteiger charge is 2.11. The van der Waals surface area contributed by atoms with Gasteiger partial charge in [-0.3, -0.25) is 19.8 Å². The van der Waals surface area contributed by atoms with E-state index >= 15 is 0 Å². The van der Waals surface area contributed by atoms with Crippen LogP contribution in [0.4, 0.5) is 5.69 Å². The normalized spacial score (nSPS) is 12.1. The van der Waals surface area contributed by atoms with Crippen molar-refractivity contribution >= 4 is 11.6 Å². The van der Waals surface area contributed by atoms with E-state index in [-0.39, 0.29) is 11.5 Å². The maximum Gasteiger partial charge on any atom is 0.264 e. The summed E-state index contributed by atoms with van der Waals surface area (Å²) in [5.74, 6) is -0.203. The summed E-state index contributed by atoms with van der Waals surface area (Å²) < 4.78 is 4.92. The molecule has 1 aromatic heterocycles. The number of amides is 1. The van der Waals surface area contributed by atoms with Crippen molar-refractivity contribution in [2.75, 3.05) is 12.4 Å². The fraction of sp³-hybridized carbons (Fsp3) is 0.231. The average Bonchev–Trinajstić information content (AvgIpc) is 2.85. The van der Waals surface area contributed by atoms with E-state index in [0.29, 0.717) is 11.4 Å². The molecule has 1 unspecified atom stereocenters. The van der Waals surface area contributed by atoms with Crippen molar-refractivity contribution in [1.29, 1.82) is 0 Å². The Bertz CT molecular complexity index is 613. The minimum Gasteiger partial charge on any atom is -0.372 e. The molecule has 6 nitrogen and oxygen atoms in total. The highest BCUT2D eigenvalue weighted by Crippen LogP contribution is 2.18. The predicted octanol–water partition coefficient (Wildman–Crippen LogP) is 1.34.